The van der Waals surface area contributed by atoms with Crippen LogP contribution in [0.3, 0.4) is 0 Å². The van der Waals surface area contributed by atoms with Gasteiger partial charge < -0.3 is 5.11 Å². The third-order valence-electron chi connectivity index (χ3n) is 1.37. The summed E-state index contributed by atoms with van der Waals surface area (Å²) in [5.74, 6) is -7.52. The van der Waals surface area contributed by atoms with Crippen LogP contribution in [-0.4, -0.2) is 16.1 Å². The molecule has 0 saturated carbocycles. The molecule has 0 aliphatic carbocycles. The number of carboxylic acid groups (broad SMARTS) is 1. The predicted molar refractivity (Wildman–Crippen MR) is 40.7 cm³/mol. The predicted octanol–water partition coefficient (Wildman–Crippen LogP) is 2.05. The lowest BCUT2D eigenvalue weighted by molar-refractivity contribution is -0.166. The number of halogens is 4. The molecule has 1 aromatic heterocycles. The lowest BCUT2D eigenvalue weighted by Crippen LogP contribution is -2.27. The van der Waals surface area contributed by atoms with Crippen molar-refractivity contribution in [1.82, 2.24) is 4.98 Å². The highest BCUT2D eigenvalue weighted by Crippen LogP contribution is 2.31. The Balaban J connectivity index is 3.26. The van der Waals surface area contributed by atoms with E-state index in [1.165, 1.54) is 0 Å². The van der Waals surface area contributed by atoms with Gasteiger partial charge in [-0.25, -0.2) is 14.2 Å². The summed E-state index contributed by atoms with van der Waals surface area (Å²) in [6.07, 6.45) is 0.470. The van der Waals surface area contributed by atoms with E-state index in [0.717, 1.165) is 0 Å². The van der Waals surface area contributed by atoms with Gasteiger partial charge in [0.05, 0.1) is 11.2 Å². The van der Waals surface area contributed by atoms with Gasteiger partial charge in [0.2, 0.25) is 0 Å². The highest BCUT2D eigenvalue weighted by atomic mass is 35.5. The summed E-state index contributed by atoms with van der Waals surface area (Å²) >= 11 is 5.21. The molecule has 0 atom stereocenters. The first-order chi connectivity index (χ1) is 6.35. The summed E-state index contributed by atoms with van der Waals surface area (Å²) in [4.78, 5) is 13.0. The zero-order chi connectivity index (χ0) is 10.9. The lowest BCUT2D eigenvalue weighted by atomic mass is 10.2. The molecule has 1 rings (SSSR count). The van der Waals surface area contributed by atoms with Gasteiger partial charge in [-0.15, -0.1) is 0 Å². The van der Waals surface area contributed by atoms with Crippen LogP contribution in [0.2, 0.25) is 5.02 Å². The summed E-state index contributed by atoms with van der Waals surface area (Å²) in [6.45, 7) is 0. The number of hydrogen-bond donors (Lipinski definition) is 1. The molecule has 1 heterocycles. The van der Waals surface area contributed by atoms with Crippen molar-refractivity contribution in [2.45, 2.75) is 5.92 Å². The van der Waals surface area contributed by atoms with Crippen LogP contribution in [0.15, 0.2) is 12.3 Å². The van der Waals surface area contributed by atoms with Gasteiger partial charge >= 0.3 is 11.9 Å². The molecule has 0 saturated heterocycles. The Bertz CT molecular complexity index is 383. The van der Waals surface area contributed by atoms with Crippen LogP contribution < -0.4 is 0 Å². The molecule has 0 aliphatic rings. The molecule has 14 heavy (non-hydrogen) atoms. The zero-order valence-electron chi connectivity index (χ0n) is 6.47. The van der Waals surface area contributed by atoms with Crippen LogP contribution >= 0.6 is 11.6 Å². The van der Waals surface area contributed by atoms with Crippen LogP contribution in [0.5, 0.6) is 0 Å². The second-order valence-electron chi connectivity index (χ2n) is 2.36. The normalized spacial score (nSPS) is 11.4. The van der Waals surface area contributed by atoms with E-state index in [2.05, 4.69) is 4.98 Å². The monoisotopic (exact) mass is 225 g/mol. The summed E-state index contributed by atoms with van der Waals surface area (Å²) < 4.78 is 38.0. The van der Waals surface area contributed by atoms with Crippen molar-refractivity contribution in [1.29, 1.82) is 0 Å². The fraction of sp³-hybridized carbons (Fsp3) is 0.143. The van der Waals surface area contributed by atoms with E-state index in [1.807, 2.05) is 0 Å². The molecule has 1 aromatic rings. The first kappa shape index (κ1) is 10.8. The van der Waals surface area contributed by atoms with Gasteiger partial charge in [0.25, 0.3) is 0 Å². The maximum atomic E-state index is 12.8. The van der Waals surface area contributed by atoms with Gasteiger partial charge in [-0.1, -0.05) is 11.6 Å². The number of rotatable bonds is 2. The third kappa shape index (κ3) is 1.79. The fourth-order valence-electron chi connectivity index (χ4n) is 0.747. The molecule has 0 aliphatic heterocycles. The van der Waals surface area contributed by atoms with Gasteiger partial charge in [0, 0.05) is 0 Å². The summed E-state index contributed by atoms with van der Waals surface area (Å²) in [7, 11) is 0. The maximum absolute atomic E-state index is 12.8. The second-order valence-corrected chi connectivity index (χ2v) is 2.77. The van der Waals surface area contributed by atoms with E-state index in [1.54, 1.807) is 0 Å². The van der Waals surface area contributed by atoms with Crippen LogP contribution in [0, 0.1) is 5.82 Å². The number of pyridine rings is 1. The Kier molecular flexibility index (Phi) is 2.66. The molecule has 0 radical (unpaired) electrons. The van der Waals surface area contributed by atoms with E-state index < -0.39 is 28.4 Å². The Labute approximate surface area is 81.1 Å². The average molecular weight is 226 g/mol. The van der Waals surface area contributed by atoms with Gasteiger partial charge in [-0.05, 0) is 6.07 Å². The number of aliphatic carboxylic acids is 1. The molecule has 76 valence electrons. The number of carboxylic acids is 1. The quantitative estimate of drug-likeness (QED) is 0.838. The molecule has 0 bridgehead atoms. The number of hydrogen-bond acceptors (Lipinski definition) is 2. The zero-order valence-corrected chi connectivity index (χ0v) is 7.23. The van der Waals surface area contributed by atoms with E-state index in [4.69, 9.17) is 16.7 Å². The maximum Gasteiger partial charge on any atom is 0.385 e. The van der Waals surface area contributed by atoms with E-state index in [-0.39, 0.29) is 0 Å². The van der Waals surface area contributed by atoms with Crippen LogP contribution in [0.25, 0.3) is 0 Å². The largest absolute Gasteiger partial charge is 0.476 e. The van der Waals surface area contributed by atoms with E-state index in [0.29, 0.717) is 12.3 Å². The van der Waals surface area contributed by atoms with Gasteiger partial charge in [0.1, 0.15) is 11.5 Å². The van der Waals surface area contributed by atoms with Crippen molar-refractivity contribution in [2.24, 2.45) is 0 Å². The highest BCUT2D eigenvalue weighted by Gasteiger charge is 2.44. The summed E-state index contributed by atoms with van der Waals surface area (Å²) in [6, 6.07) is 0.570. The van der Waals surface area contributed by atoms with Gasteiger partial charge in [-0.3, -0.25) is 0 Å². The molecule has 3 nitrogen and oxygen atoms in total. The molecule has 0 fully saturated rings. The minimum atomic E-state index is -4.22. The molecule has 1 N–H and O–H groups in total. The van der Waals surface area contributed by atoms with E-state index >= 15 is 0 Å². The van der Waals surface area contributed by atoms with Crippen LogP contribution in [0.1, 0.15) is 5.69 Å². The van der Waals surface area contributed by atoms with Crippen molar-refractivity contribution in [3.05, 3.63) is 28.8 Å². The smallest absolute Gasteiger partial charge is 0.385 e. The number of aromatic nitrogens is 1. The van der Waals surface area contributed by atoms with Crippen LogP contribution in [0.4, 0.5) is 13.2 Å². The first-order valence-corrected chi connectivity index (χ1v) is 3.66. The summed E-state index contributed by atoms with van der Waals surface area (Å²) in [5.41, 5.74) is -1.17. The van der Waals surface area contributed by atoms with Crippen molar-refractivity contribution < 1.29 is 23.1 Å². The van der Waals surface area contributed by atoms with Crippen molar-refractivity contribution in [3.8, 4) is 0 Å². The third-order valence-corrected chi connectivity index (χ3v) is 1.66. The lowest BCUT2D eigenvalue weighted by Gasteiger charge is -2.11. The SMILES string of the molecule is O=C(O)C(F)(F)c1ncc(F)cc1Cl. The fourth-order valence-corrected chi connectivity index (χ4v) is 1.02. The van der Waals surface area contributed by atoms with Gasteiger partial charge in [0.15, 0.2) is 0 Å². The molecule has 0 spiro atoms. The topological polar surface area (TPSA) is 50.2 Å². The average Bonchev–Trinajstić information content (AvgIpc) is 2.02. The molecule has 7 heteroatoms. The molecular weight excluding hydrogens is 223 g/mol. The Morgan fingerprint density at radius 2 is 2.14 bits per heavy atom. The second kappa shape index (κ2) is 3.45. The van der Waals surface area contributed by atoms with Crippen molar-refractivity contribution in [2.75, 3.05) is 0 Å². The number of nitrogens with zero attached hydrogens (tertiary/aromatic N) is 1. The molecule has 0 aromatic carbocycles. The Hall–Kier alpha value is -1.30. The number of carbonyl (C=O) groups is 1. The molecule has 0 amide bonds. The molecular formula is C7H3ClF3NO2. The first-order valence-electron chi connectivity index (χ1n) is 3.28. The highest BCUT2D eigenvalue weighted by molar-refractivity contribution is 6.31. The Morgan fingerprint density at radius 1 is 1.57 bits per heavy atom. The van der Waals surface area contributed by atoms with Crippen molar-refractivity contribution in [3.63, 3.8) is 0 Å². The van der Waals surface area contributed by atoms with Gasteiger partial charge in [-0.2, -0.15) is 8.78 Å². The number of alkyl halides is 2. The molecule has 0 unspecified atom stereocenters. The standard InChI is InChI=1S/C7H3ClF3NO2/c8-4-1-3(9)2-12-5(4)7(10,11)6(13)14/h1-2H,(H,13,14). The van der Waals surface area contributed by atoms with Crippen LogP contribution in [-0.2, 0) is 10.7 Å². The minimum Gasteiger partial charge on any atom is -0.476 e. The Morgan fingerprint density at radius 3 is 2.57 bits per heavy atom. The minimum absolute atomic E-state index is 0.470. The summed E-state index contributed by atoms with van der Waals surface area (Å²) in [5, 5.41) is 7.42. The van der Waals surface area contributed by atoms with Crippen molar-refractivity contribution >= 4 is 17.6 Å². The van der Waals surface area contributed by atoms with E-state index in [9.17, 15) is 18.0 Å².